The van der Waals surface area contributed by atoms with Gasteiger partial charge in [0.25, 0.3) is 0 Å². The third kappa shape index (κ3) is 1.17. The Labute approximate surface area is 71.0 Å². The third-order valence-corrected chi connectivity index (χ3v) is 2.59. The van der Waals surface area contributed by atoms with Crippen LogP contribution in [-0.2, 0) is 9.59 Å². The van der Waals surface area contributed by atoms with Crippen molar-refractivity contribution >= 4 is 11.9 Å². The van der Waals surface area contributed by atoms with E-state index in [-0.39, 0.29) is 11.8 Å². The highest BCUT2D eigenvalue weighted by Gasteiger charge is 2.51. The Morgan fingerprint density at radius 2 is 2.17 bits per heavy atom. The number of carboxylic acid groups (broad SMARTS) is 1. The summed E-state index contributed by atoms with van der Waals surface area (Å²) >= 11 is 0. The van der Waals surface area contributed by atoms with Crippen LogP contribution in [0.4, 0.5) is 0 Å². The topological polar surface area (TPSA) is 66.4 Å². The Bertz CT molecular complexity index is 226. The molecule has 0 aromatic rings. The summed E-state index contributed by atoms with van der Waals surface area (Å²) in [6.45, 7) is 3.18. The number of hydrogen-bond acceptors (Lipinski definition) is 2. The normalized spacial score (nSPS) is 33.7. The zero-order valence-corrected chi connectivity index (χ0v) is 7.26. The van der Waals surface area contributed by atoms with Crippen molar-refractivity contribution in [2.24, 2.45) is 5.92 Å². The van der Waals surface area contributed by atoms with E-state index >= 15 is 0 Å². The molecule has 0 aromatic carbocycles. The summed E-state index contributed by atoms with van der Waals surface area (Å²) in [7, 11) is 0. The maximum Gasteiger partial charge on any atom is 0.329 e. The van der Waals surface area contributed by atoms with Crippen LogP contribution in [0.2, 0.25) is 0 Å². The molecule has 2 atom stereocenters. The lowest BCUT2D eigenvalue weighted by molar-refractivity contribution is -0.155. The van der Waals surface area contributed by atoms with E-state index in [1.54, 1.807) is 0 Å². The smallest absolute Gasteiger partial charge is 0.329 e. The van der Waals surface area contributed by atoms with Crippen molar-refractivity contribution in [2.75, 3.05) is 0 Å². The average molecular weight is 171 g/mol. The highest BCUT2D eigenvalue weighted by Crippen LogP contribution is 2.38. The molecule has 1 aliphatic carbocycles. The van der Waals surface area contributed by atoms with E-state index in [0.717, 1.165) is 6.42 Å². The van der Waals surface area contributed by atoms with Gasteiger partial charge in [0.1, 0.15) is 5.54 Å². The minimum absolute atomic E-state index is 0.0406. The number of nitrogens with one attached hydrogen (secondary N) is 1. The lowest BCUT2D eigenvalue weighted by atomic mass is 9.67. The molecular weight excluding hydrogens is 158 g/mol. The van der Waals surface area contributed by atoms with Crippen LogP contribution in [0.3, 0.4) is 0 Å². The monoisotopic (exact) mass is 171 g/mol. The van der Waals surface area contributed by atoms with E-state index in [4.69, 9.17) is 5.11 Å². The molecule has 0 radical (unpaired) electrons. The van der Waals surface area contributed by atoms with Crippen molar-refractivity contribution < 1.29 is 14.7 Å². The molecule has 4 nitrogen and oxygen atoms in total. The second-order valence-electron chi connectivity index (χ2n) is 3.40. The number of carboxylic acids is 1. The molecule has 0 aromatic heterocycles. The molecule has 1 rings (SSSR count). The van der Waals surface area contributed by atoms with Gasteiger partial charge in [0.15, 0.2) is 0 Å². The minimum Gasteiger partial charge on any atom is -0.479 e. The van der Waals surface area contributed by atoms with Crippen LogP contribution in [0.1, 0.15) is 26.7 Å². The van der Waals surface area contributed by atoms with Gasteiger partial charge in [0.05, 0.1) is 0 Å². The van der Waals surface area contributed by atoms with E-state index in [1.165, 1.54) is 6.92 Å². The standard InChI is InChI=1S/C8H13NO3/c1-5-3-4-8(5,7(11)12)9-6(2)10/h5H,3-4H2,1-2H3,(H,9,10)(H,11,12)/t5-,8-/m1/s1. The second kappa shape index (κ2) is 2.77. The van der Waals surface area contributed by atoms with Crippen LogP contribution in [0.15, 0.2) is 0 Å². The summed E-state index contributed by atoms with van der Waals surface area (Å²) in [5, 5.41) is 11.4. The van der Waals surface area contributed by atoms with Crippen molar-refractivity contribution in [3.8, 4) is 0 Å². The summed E-state index contributed by atoms with van der Waals surface area (Å²) in [6, 6.07) is 0. The number of amides is 1. The fraction of sp³-hybridized carbons (Fsp3) is 0.750. The van der Waals surface area contributed by atoms with Gasteiger partial charge in [0, 0.05) is 6.92 Å². The summed E-state index contributed by atoms with van der Waals surface area (Å²) in [6.07, 6.45) is 1.41. The molecule has 68 valence electrons. The first kappa shape index (κ1) is 9.03. The van der Waals surface area contributed by atoms with Gasteiger partial charge in [-0.25, -0.2) is 4.79 Å². The predicted octanol–water partition coefficient (Wildman–Crippen LogP) is 0.376. The predicted molar refractivity (Wildman–Crippen MR) is 42.6 cm³/mol. The van der Waals surface area contributed by atoms with E-state index < -0.39 is 11.5 Å². The first-order chi connectivity index (χ1) is 5.49. The lowest BCUT2D eigenvalue weighted by Gasteiger charge is -2.44. The largest absolute Gasteiger partial charge is 0.479 e. The third-order valence-electron chi connectivity index (χ3n) is 2.59. The first-order valence-electron chi connectivity index (χ1n) is 4.01. The summed E-state index contributed by atoms with van der Waals surface area (Å²) < 4.78 is 0. The van der Waals surface area contributed by atoms with Crippen molar-refractivity contribution in [1.82, 2.24) is 5.32 Å². The molecule has 12 heavy (non-hydrogen) atoms. The van der Waals surface area contributed by atoms with Crippen LogP contribution >= 0.6 is 0 Å². The molecule has 0 bridgehead atoms. The maximum absolute atomic E-state index is 10.8. The Morgan fingerprint density at radius 1 is 1.58 bits per heavy atom. The van der Waals surface area contributed by atoms with E-state index in [9.17, 15) is 9.59 Å². The molecule has 0 saturated heterocycles. The zero-order valence-electron chi connectivity index (χ0n) is 7.26. The van der Waals surface area contributed by atoms with Gasteiger partial charge in [-0.05, 0) is 18.8 Å². The number of carbonyl (C=O) groups is 2. The maximum atomic E-state index is 10.8. The second-order valence-corrected chi connectivity index (χ2v) is 3.40. The summed E-state index contributed by atoms with van der Waals surface area (Å²) in [5.74, 6) is -1.15. The van der Waals surface area contributed by atoms with Crippen LogP contribution in [-0.4, -0.2) is 22.5 Å². The minimum atomic E-state index is -0.980. The molecular formula is C8H13NO3. The highest BCUT2D eigenvalue weighted by molar-refractivity contribution is 5.87. The van der Waals surface area contributed by atoms with Gasteiger partial charge < -0.3 is 10.4 Å². The quantitative estimate of drug-likeness (QED) is 0.631. The molecule has 0 aliphatic heterocycles. The average Bonchev–Trinajstić information content (AvgIpc) is 1.96. The van der Waals surface area contributed by atoms with Gasteiger partial charge in [-0.15, -0.1) is 0 Å². The van der Waals surface area contributed by atoms with Crippen LogP contribution < -0.4 is 5.32 Å². The van der Waals surface area contributed by atoms with Crippen LogP contribution in [0.5, 0.6) is 0 Å². The molecule has 4 heteroatoms. The number of carbonyl (C=O) groups excluding carboxylic acids is 1. The number of rotatable bonds is 2. The van der Waals surface area contributed by atoms with Crippen molar-refractivity contribution in [2.45, 2.75) is 32.2 Å². The van der Waals surface area contributed by atoms with Crippen LogP contribution in [0.25, 0.3) is 0 Å². The molecule has 1 fully saturated rings. The molecule has 1 amide bonds. The summed E-state index contributed by atoms with van der Waals surface area (Å²) in [5.41, 5.74) is -0.980. The Morgan fingerprint density at radius 3 is 2.25 bits per heavy atom. The Kier molecular flexibility index (Phi) is 2.08. The molecule has 0 unspecified atom stereocenters. The van der Waals surface area contributed by atoms with Gasteiger partial charge in [-0.1, -0.05) is 6.92 Å². The van der Waals surface area contributed by atoms with Crippen molar-refractivity contribution in [3.63, 3.8) is 0 Å². The van der Waals surface area contributed by atoms with Crippen molar-refractivity contribution in [1.29, 1.82) is 0 Å². The molecule has 1 saturated carbocycles. The van der Waals surface area contributed by atoms with E-state index in [0.29, 0.717) is 6.42 Å². The lowest BCUT2D eigenvalue weighted by Crippen LogP contribution is -2.63. The molecule has 2 N–H and O–H groups in total. The Balaban J connectivity index is 2.74. The molecule has 0 heterocycles. The van der Waals surface area contributed by atoms with Gasteiger partial charge in [0.2, 0.25) is 5.91 Å². The fourth-order valence-corrected chi connectivity index (χ4v) is 1.59. The van der Waals surface area contributed by atoms with E-state index in [1.807, 2.05) is 6.92 Å². The van der Waals surface area contributed by atoms with Gasteiger partial charge in [-0.2, -0.15) is 0 Å². The summed E-state index contributed by atoms with van der Waals surface area (Å²) in [4.78, 5) is 21.6. The zero-order chi connectivity index (χ0) is 9.35. The fourth-order valence-electron chi connectivity index (χ4n) is 1.59. The molecule has 0 spiro atoms. The van der Waals surface area contributed by atoms with Crippen LogP contribution in [0, 0.1) is 5.92 Å². The highest BCUT2D eigenvalue weighted by atomic mass is 16.4. The van der Waals surface area contributed by atoms with E-state index in [2.05, 4.69) is 5.32 Å². The number of hydrogen-bond donors (Lipinski definition) is 2. The first-order valence-corrected chi connectivity index (χ1v) is 4.01. The van der Waals surface area contributed by atoms with Crippen molar-refractivity contribution in [3.05, 3.63) is 0 Å². The molecule has 1 aliphatic rings. The SMILES string of the molecule is CC(=O)N[C@]1(C(=O)O)CC[C@H]1C. The number of aliphatic carboxylic acids is 1. The Hall–Kier alpha value is -1.06. The van der Waals surface area contributed by atoms with Gasteiger partial charge in [-0.3, -0.25) is 4.79 Å². The van der Waals surface area contributed by atoms with Gasteiger partial charge >= 0.3 is 5.97 Å².